The van der Waals surface area contributed by atoms with Crippen LogP contribution in [-0.4, -0.2) is 46.1 Å². The maximum Gasteiger partial charge on any atom is 0.220 e. The van der Waals surface area contributed by atoms with E-state index in [0.29, 0.717) is 12.8 Å². The molecule has 0 bridgehead atoms. The van der Waals surface area contributed by atoms with Gasteiger partial charge in [-0.15, -0.1) is 0 Å². The van der Waals surface area contributed by atoms with Gasteiger partial charge >= 0.3 is 0 Å². The number of rotatable bonds is 34. The minimum Gasteiger partial charge on any atom is -0.394 e. The number of carbonyl (C=O) groups excluding carboxylic acids is 1. The number of hydrogen-bond acceptors (Lipinski definition) is 4. The van der Waals surface area contributed by atoms with Crippen molar-refractivity contribution in [1.82, 2.24) is 5.32 Å². The van der Waals surface area contributed by atoms with Gasteiger partial charge in [0.05, 0.1) is 18.8 Å². The maximum atomic E-state index is 12.3. The van der Waals surface area contributed by atoms with Crippen molar-refractivity contribution in [2.75, 3.05) is 6.61 Å². The molecule has 1 amide bonds. The Hall–Kier alpha value is -0.650. The lowest BCUT2D eigenvalue weighted by Crippen LogP contribution is -2.50. The van der Waals surface area contributed by atoms with Crippen LogP contribution in [0.1, 0.15) is 206 Å². The number of unbranched alkanes of at least 4 members (excludes halogenated alkanes) is 26. The second-order valence-electron chi connectivity index (χ2n) is 13.1. The van der Waals surface area contributed by atoms with E-state index in [9.17, 15) is 20.1 Å². The summed E-state index contributed by atoms with van der Waals surface area (Å²) in [4.78, 5) is 12.3. The zero-order chi connectivity index (χ0) is 30.9. The highest BCUT2D eigenvalue weighted by molar-refractivity contribution is 5.76. The van der Waals surface area contributed by atoms with E-state index in [4.69, 9.17) is 0 Å². The second kappa shape index (κ2) is 33.2. The number of carbonyl (C=O) groups is 1. The van der Waals surface area contributed by atoms with Crippen molar-refractivity contribution < 1.29 is 20.1 Å². The van der Waals surface area contributed by atoms with Crippen molar-refractivity contribution in [3.8, 4) is 0 Å². The Morgan fingerprint density at radius 3 is 1.14 bits per heavy atom. The number of aliphatic hydroxyl groups is 3. The van der Waals surface area contributed by atoms with Gasteiger partial charge in [-0.25, -0.2) is 0 Å². The summed E-state index contributed by atoms with van der Waals surface area (Å²) in [6.45, 7) is 4.15. The normalized spacial score (nSPS) is 13.7. The van der Waals surface area contributed by atoms with E-state index in [1.165, 1.54) is 148 Å². The fourth-order valence-electron chi connectivity index (χ4n) is 5.99. The maximum absolute atomic E-state index is 12.3. The molecular weight excluding hydrogens is 522 g/mol. The first-order valence-corrected chi connectivity index (χ1v) is 18.8. The molecule has 0 fully saturated rings. The molecule has 0 spiro atoms. The topological polar surface area (TPSA) is 89.8 Å². The van der Waals surface area contributed by atoms with Crippen LogP contribution >= 0.6 is 0 Å². The molecule has 0 aromatic rings. The van der Waals surface area contributed by atoms with Crippen molar-refractivity contribution in [3.63, 3.8) is 0 Å². The molecule has 0 saturated heterocycles. The number of hydrogen-bond donors (Lipinski definition) is 4. The Labute approximate surface area is 262 Å². The summed E-state index contributed by atoms with van der Waals surface area (Å²) in [6.07, 6.45) is 34.9. The first-order chi connectivity index (χ1) is 20.6. The van der Waals surface area contributed by atoms with E-state index in [2.05, 4.69) is 19.2 Å². The number of aliphatic hydroxyl groups excluding tert-OH is 3. The minimum absolute atomic E-state index is 0.147. The van der Waals surface area contributed by atoms with Gasteiger partial charge in [0.2, 0.25) is 5.91 Å². The van der Waals surface area contributed by atoms with Gasteiger partial charge in [-0.1, -0.05) is 187 Å². The van der Waals surface area contributed by atoms with Gasteiger partial charge in [-0.3, -0.25) is 4.79 Å². The molecule has 0 aromatic heterocycles. The Morgan fingerprint density at radius 2 is 0.810 bits per heavy atom. The third kappa shape index (κ3) is 28.1. The Morgan fingerprint density at radius 1 is 0.500 bits per heavy atom. The Kier molecular flexibility index (Phi) is 32.7. The largest absolute Gasteiger partial charge is 0.394 e. The molecule has 0 aliphatic carbocycles. The van der Waals surface area contributed by atoms with Crippen LogP contribution in [0, 0.1) is 0 Å². The van der Waals surface area contributed by atoms with E-state index in [-0.39, 0.29) is 12.5 Å². The minimum atomic E-state index is -1.13. The molecule has 5 nitrogen and oxygen atoms in total. The van der Waals surface area contributed by atoms with Crippen LogP contribution in [0.4, 0.5) is 0 Å². The summed E-state index contributed by atoms with van der Waals surface area (Å²) in [5.41, 5.74) is 0. The van der Waals surface area contributed by atoms with Crippen molar-refractivity contribution in [2.24, 2.45) is 0 Å². The molecule has 0 rings (SSSR count). The van der Waals surface area contributed by atoms with Crippen LogP contribution in [0.25, 0.3) is 0 Å². The van der Waals surface area contributed by atoms with Crippen molar-refractivity contribution >= 4 is 5.91 Å². The van der Waals surface area contributed by atoms with E-state index < -0.39 is 18.2 Å². The molecule has 4 N–H and O–H groups in total. The van der Waals surface area contributed by atoms with E-state index >= 15 is 0 Å². The van der Waals surface area contributed by atoms with Crippen LogP contribution in [0.5, 0.6) is 0 Å². The van der Waals surface area contributed by atoms with Crippen molar-refractivity contribution in [2.45, 2.75) is 225 Å². The highest BCUT2D eigenvalue weighted by Crippen LogP contribution is 2.16. The summed E-state index contributed by atoms with van der Waals surface area (Å²) in [5, 5.41) is 33.3. The highest BCUT2D eigenvalue weighted by Gasteiger charge is 2.26. The number of amides is 1. The smallest absolute Gasteiger partial charge is 0.220 e. The monoisotopic (exact) mass is 598 g/mol. The second-order valence-corrected chi connectivity index (χ2v) is 13.1. The Bertz CT molecular complexity index is 544. The molecule has 0 aliphatic heterocycles. The lowest BCUT2D eigenvalue weighted by Gasteiger charge is -2.26. The summed E-state index contributed by atoms with van der Waals surface area (Å²) >= 11 is 0. The molecule has 0 radical (unpaired) electrons. The third-order valence-electron chi connectivity index (χ3n) is 8.96. The molecular formula is C37H75NO4. The fourth-order valence-corrected chi connectivity index (χ4v) is 5.99. The molecule has 0 heterocycles. The first kappa shape index (κ1) is 41.4. The van der Waals surface area contributed by atoms with E-state index in [0.717, 1.165) is 32.1 Å². The van der Waals surface area contributed by atoms with Gasteiger partial charge < -0.3 is 20.6 Å². The lowest BCUT2D eigenvalue weighted by molar-refractivity contribution is -0.124. The molecule has 0 saturated carbocycles. The predicted molar refractivity (Wildman–Crippen MR) is 181 cm³/mol. The van der Waals surface area contributed by atoms with Crippen molar-refractivity contribution in [3.05, 3.63) is 0 Å². The first-order valence-electron chi connectivity index (χ1n) is 18.8. The Balaban J connectivity index is 3.60. The third-order valence-corrected chi connectivity index (χ3v) is 8.96. The predicted octanol–water partition coefficient (Wildman–Crippen LogP) is 9.93. The van der Waals surface area contributed by atoms with E-state index in [1.54, 1.807) is 0 Å². The quantitative estimate of drug-likeness (QED) is 0.0556. The van der Waals surface area contributed by atoms with Crippen LogP contribution < -0.4 is 5.32 Å². The summed E-state index contributed by atoms with van der Waals surface area (Å²) < 4.78 is 0. The molecule has 252 valence electrons. The molecule has 3 atom stereocenters. The molecule has 5 heteroatoms. The van der Waals surface area contributed by atoms with Gasteiger partial charge in [-0.05, 0) is 12.8 Å². The van der Waals surface area contributed by atoms with Crippen molar-refractivity contribution in [1.29, 1.82) is 0 Å². The standard InChI is InChI=1S/C37H75NO4/c1-3-5-7-9-11-13-14-15-16-17-18-19-20-21-22-24-25-27-29-31-35(40)37(42)34(33-39)38-36(41)32-30-28-26-23-12-10-8-6-4-2/h34-35,37,39-40,42H,3-33H2,1-2H3,(H,38,41). The summed E-state index contributed by atoms with van der Waals surface area (Å²) in [7, 11) is 0. The average Bonchev–Trinajstić information content (AvgIpc) is 2.99. The van der Waals surface area contributed by atoms with Gasteiger partial charge in [0, 0.05) is 6.42 Å². The molecule has 0 aliphatic rings. The molecule has 3 unspecified atom stereocenters. The lowest BCUT2D eigenvalue weighted by atomic mass is 9.99. The van der Waals surface area contributed by atoms with Gasteiger partial charge in [0.1, 0.15) is 6.10 Å². The van der Waals surface area contributed by atoms with Crippen LogP contribution in [0.3, 0.4) is 0 Å². The average molecular weight is 598 g/mol. The molecule has 0 aromatic carbocycles. The van der Waals surface area contributed by atoms with Gasteiger partial charge in [-0.2, -0.15) is 0 Å². The van der Waals surface area contributed by atoms with Crippen LogP contribution in [-0.2, 0) is 4.79 Å². The van der Waals surface area contributed by atoms with Crippen LogP contribution in [0.2, 0.25) is 0 Å². The fraction of sp³-hybridized carbons (Fsp3) is 0.973. The summed E-state index contributed by atoms with van der Waals surface area (Å²) in [5.74, 6) is -0.147. The highest BCUT2D eigenvalue weighted by atomic mass is 16.3. The summed E-state index contributed by atoms with van der Waals surface area (Å²) in [6, 6.07) is -0.800. The SMILES string of the molecule is CCCCCCCCCCCCCCCCCCCCCC(O)C(O)C(CO)NC(=O)CCCCCCCCCCC. The molecule has 42 heavy (non-hydrogen) atoms. The number of nitrogens with one attached hydrogen (secondary N) is 1. The van der Waals surface area contributed by atoms with Gasteiger partial charge in [0.25, 0.3) is 0 Å². The zero-order valence-electron chi connectivity index (χ0n) is 28.4. The van der Waals surface area contributed by atoms with Crippen LogP contribution in [0.15, 0.2) is 0 Å². The zero-order valence-corrected chi connectivity index (χ0v) is 28.4. The van der Waals surface area contributed by atoms with Gasteiger partial charge in [0.15, 0.2) is 0 Å². The van der Waals surface area contributed by atoms with E-state index in [1.807, 2.05) is 0 Å².